The third-order valence-corrected chi connectivity index (χ3v) is 4.44. The molecule has 1 aromatic carbocycles. The molecule has 1 aliphatic heterocycles. The van der Waals surface area contributed by atoms with E-state index in [1.807, 2.05) is 30.3 Å². The van der Waals surface area contributed by atoms with Crippen LogP contribution in [0.15, 0.2) is 35.3 Å². The molecule has 0 spiro atoms. The lowest BCUT2D eigenvalue weighted by Crippen LogP contribution is -2.29. The Labute approximate surface area is 140 Å². The van der Waals surface area contributed by atoms with Gasteiger partial charge in [-0.15, -0.1) is 0 Å². The molecule has 0 saturated carbocycles. The molecule has 1 aliphatic rings. The van der Waals surface area contributed by atoms with E-state index in [0.29, 0.717) is 17.5 Å². The Morgan fingerprint density at radius 2 is 2.09 bits per heavy atom. The van der Waals surface area contributed by atoms with Gasteiger partial charge in [0.15, 0.2) is 0 Å². The van der Waals surface area contributed by atoms with Crippen LogP contribution in [0.1, 0.15) is 26.7 Å². The number of benzene rings is 1. The predicted molar refractivity (Wildman–Crippen MR) is 92.8 cm³/mol. The summed E-state index contributed by atoms with van der Waals surface area (Å²) in [5.41, 5.74) is 0. The highest BCUT2D eigenvalue weighted by atomic mass is 32.2. The van der Waals surface area contributed by atoms with Crippen LogP contribution in [0, 0.1) is 5.92 Å². The zero-order chi connectivity index (χ0) is 16.7. The Kier molecular flexibility index (Phi) is 6.65. The number of ether oxygens (including phenoxy) is 1. The lowest BCUT2D eigenvalue weighted by molar-refractivity contribution is -0.124. The number of nitrogens with zero attached hydrogens (tertiary/aromatic N) is 1. The first kappa shape index (κ1) is 17.5. The van der Waals surface area contributed by atoms with Crippen molar-refractivity contribution in [3.63, 3.8) is 0 Å². The third kappa shape index (κ3) is 6.06. The zero-order valence-electron chi connectivity index (χ0n) is 13.5. The van der Waals surface area contributed by atoms with Gasteiger partial charge in [-0.1, -0.05) is 43.8 Å². The standard InChI is InChI=1S/C17H22N2O3S/c1-12(2)8-9-18-15(20)10-14-17(21)19-16(23-14)11-22-13-6-4-3-5-7-13/h3-7,12,14H,8-11H2,1-2H3,(H,18,20)/t14-/m0/s1. The van der Waals surface area contributed by atoms with Gasteiger partial charge in [-0.3, -0.25) is 9.59 Å². The first-order valence-electron chi connectivity index (χ1n) is 7.77. The van der Waals surface area contributed by atoms with Crippen molar-refractivity contribution in [3.8, 4) is 5.75 Å². The van der Waals surface area contributed by atoms with Crippen molar-refractivity contribution in [1.82, 2.24) is 5.32 Å². The molecule has 0 saturated heterocycles. The van der Waals surface area contributed by atoms with E-state index in [1.165, 1.54) is 11.8 Å². The number of carbonyl (C=O) groups is 2. The molecule has 2 rings (SSSR count). The van der Waals surface area contributed by atoms with Crippen LogP contribution in [0.25, 0.3) is 0 Å². The second-order valence-electron chi connectivity index (χ2n) is 5.79. The van der Waals surface area contributed by atoms with E-state index in [2.05, 4.69) is 24.2 Å². The molecule has 0 aliphatic carbocycles. The fraction of sp³-hybridized carbons (Fsp3) is 0.471. The van der Waals surface area contributed by atoms with E-state index in [0.717, 1.165) is 12.2 Å². The minimum Gasteiger partial charge on any atom is -0.487 e. The molecule has 1 N–H and O–H groups in total. The quantitative estimate of drug-likeness (QED) is 0.793. The van der Waals surface area contributed by atoms with Crippen LogP contribution < -0.4 is 10.1 Å². The number of carbonyl (C=O) groups excluding carboxylic acids is 2. The average molecular weight is 334 g/mol. The van der Waals surface area contributed by atoms with Crippen LogP contribution in [0.4, 0.5) is 0 Å². The van der Waals surface area contributed by atoms with Gasteiger partial charge in [0.05, 0.1) is 0 Å². The van der Waals surface area contributed by atoms with Gasteiger partial charge in [0.1, 0.15) is 22.7 Å². The Morgan fingerprint density at radius 3 is 2.78 bits per heavy atom. The van der Waals surface area contributed by atoms with Gasteiger partial charge in [-0.05, 0) is 24.5 Å². The van der Waals surface area contributed by atoms with Crippen LogP contribution in [-0.4, -0.2) is 35.3 Å². The summed E-state index contributed by atoms with van der Waals surface area (Å²) >= 11 is 1.32. The zero-order valence-corrected chi connectivity index (χ0v) is 14.3. The number of hydrogen-bond acceptors (Lipinski definition) is 4. The molecule has 0 bridgehead atoms. The summed E-state index contributed by atoms with van der Waals surface area (Å²) in [6, 6.07) is 9.37. The fourth-order valence-electron chi connectivity index (χ4n) is 2.03. The number of nitrogens with one attached hydrogen (secondary N) is 1. The van der Waals surface area contributed by atoms with E-state index in [1.54, 1.807) is 0 Å². The highest BCUT2D eigenvalue weighted by molar-refractivity contribution is 8.15. The normalized spacial score (nSPS) is 17.3. The number of rotatable bonds is 8. The lowest BCUT2D eigenvalue weighted by Gasteiger charge is -2.10. The van der Waals surface area contributed by atoms with Crippen LogP contribution in [-0.2, 0) is 9.59 Å². The molecular formula is C17H22N2O3S. The van der Waals surface area contributed by atoms with E-state index in [4.69, 9.17) is 4.74 Å². The van der Waals surface area contributed by atoms with Gasteiger partial charge < -0.3 is 10.1 Å². The first-order chi connectivity index (χ1) is 11.0. The van der Waals surface area contributed by atoms with Crippen molar-refractivity contribution in [2.75, 3.05) is 13.2 Å². The Hall–Kier alpha value is -1.82. The molecule has 0 aromatic heterocycles. The predicted octanol–water partition coefficient (Wildman–Crippen LogP) is 2.66. The van der Waals surface area contributed by atoms with Crippen molar-refractivity contribution >= 4 is 28.6 Å². The molecule has 1 atom stereocenters. The molecule has 23 heavy (non-hydrogen) atoms. The third-order valence-electron chi connectivity index (χ3n) is 3.31. The highest BCUT2D eigenvalue weighted by Crippen LogP contribution is 2.25. The van der Waals surface area contributed by atoms with Gasteiger partial charge in [0.25, 0.3) is 5.91 Å². The topological polar surface area (TPSA) is 67.8 Å². The van der Waals surface area contributed by atoms with Gasteiger partial charge >= 0.3 is 0 Å². The summed E-state index contributed by atoms with van der Waals surface area (Å²) in [5.74, 6) is 0.929. The molecule has 0 radical (unpaired) electrons. The second-order valence-corrected chi connectivity index (χ2v) is 7.06. The number of thioether (sulfide) groups is 1. The molecule has 1 heterocycles. The number of hydrogen-bond donors (Lipinski definition) is 1. The fourth-order valence-corrected chi connectivity index (χ4v) is 3.02. The van der Waals surface area contributed by atoms with Crippen LogP contribution in [0.3, 0.4) is 0 Å². The summed E-state index contributed by atoms with van der Waals surface area (Å²) in [7, 11) is 0. The van der Waals surface area contributed by atoms with E-state index >= 15 is 0 Å². The SMILES string of the molecule is CC(C)CCNC(=O)C[C@@H]1SC(COc2ccccc2)=NC1=O. The summed E-state index contributed by atoms with van der Waals surface area (Å²) in [6.07, 6.45) is 1.10. The maximum absolute atomic E-state index is 11.9. The van der Waals surface area contributed by atoms with Crippen LogP contribution in [0.5, 0.6) is 5.75 Å². The Balaban J connectivity index is 1.73. The van der Waals surface area contributed by atoms with Crippen molar-refractivity contribution < 1.29 is 14.3 Å². The number of amides is 2. The highest BCUT2D eigenvalue weighted by Gasteiger charge is 2.30. The molecule has 5 nitrogen and oxygen atoms in total. The van der Waals surface area contributed by atoms with E-state index in [-0.39, 0.29) is 24.8 Å². The van der Waals surface area contributed by atoms with Crippen LogP contribution >= 0.6 is 11.8 Å². The average Bonchev–Trinajstić information content (AvgIpc) is 2.86. The van der Waals surface area contributed by atoms with Gasteiger partial charge in [0, 0.05) is 13.0 Å². The summed E-state index contributed by atoms with van der Waals surface area (Å²) in [4.78, 5) is 27.7. The monoisotopic (exact) mass is 334 g/mol. The Bertz CT molecular complexity index is 572. The molecule has 1 aromatic rings. The first-order valence-corrected chi connectivity index (χ1v) is 8.65. The maximum atomic E-state index is 11.9. The van der Waals surface area contributed by atoms with Crippen molar-refractivity contribution in [2.45, 2.75) is 31.9 Å². The minimum absolute atomic E-state index is 0.100. The van der Waals surface area contributed by atoms with Gasteiger partial charge in [0.2, 0.25) is 5.91 Å². The molecule has 124 valence electrons. The second kappa shape index (κ2) is 8.72. The largest absolute Gasteiger partial charge is 0.487 e. The van der Waals surface area contributed by atoms with Crippen molar-refractivity contribution in [2.24, 2.45) is 10.9 Å². The molecule has 0 fully saturated rings. The summed E-state index contributed by atoms with van der Waals surface area (Å²) < 4.78 is 5.58. The smallest absolute Gasteiger partial charge is 0.260 e. The lowest BCUT2D eigenvalue weighted by atomic mass is 10.1. The summed E-state index contributed by atoms with van der Waals surface area (Å²) in [5, 5.41) is 3.04. The summed E-state index contributed by atoms with van der Waals surface area (Å²) in [6.45, 7) is 5.11. The molecule has 2 amide bonds. The van der Waals surface area contributed by atoms with Crippen LogP contribution in [0.2, 0.25) is 0 Å². The number of aliphatic imine (C=N–C) groups is 1. The van der Waals surface area contributed by atoms with Gasteiger partial charge in [-0.25, -0.2) is 4.99 Å². The molecule has 6 heteroatoms. The maximum Gasteiger partial charge on any atom is 0.260 e. The molecular weight excluding hydrogens is 312 g/mol. The molecule has 0 unspecified atom stereocenters. The van der Waals surface area contributed by atoms with Crippen molar-refractivity contribution in [1.29, 1.82) is 0 Å². The Morgan fingerprint density at radius 1 is 1.35 bits per heavy atom. The van der Waals surface area contributed by atoms with E-state index in [9.17, 15) is 9.59 Å². The number of para-hydroxylation sites is 1. The minimum atomic E-state index is -0.427. The van der Waals surface area contributed by atoms with Gasteiger partial charge in [-0.2, -0.15) is 0 Å². The van der Waals surface area contributed by atoms with Crippen molar-refractivity contribution in [3.05, 3.63) is 30.3 Å². The van der Waals surface area contributed by atoms with E-state index < -0.39 is 5.25 Å².